The summed E-state index contributed by atoms with van der Waals surface area (Å²) in [6.07, 6.45) is 0. The van der Waals surface area contributed by atoms with Gasteiger partial charge in [0.05, 0.1) is 19.6 Å². The minimum Gasteiger partial charge on any atom is -0.307 e. The van der Waals surface area contributed by atoms with Crippen LogP contribution in [-0.4, -0.2) is 45.7 Å². The van der Waals surface area contributed by atoms with E-state index in [0.29, 0.717) is 0 Å². The van der Waals surface area contributed by atoms with Crippen molar-refractivity contribution in [2.45, 2.75) is 19.6 Å². The van der Waals surface area contributed by atoms with Crippen molar-refractivity contribution in [2.75, 3.05) is 20.1 Å². The lowest BCUT2D eigenvalue weighted by molar-refractivity contribution is 0.255. The molecule has 0 radical (unpaired) electrons. The Hall–Kier alpha value is -5.96. The fraction of sp³-hybridized carbons (Fsp3) is 0. The van der Waals surface area contributed by atoms with Crippen molar-refractivity contribution >= 4 is 74.9 Å². The molecule has 0 saturated heterocycles. The molecule has 0 fully saturated rings. The van der Waals surface area contributed by atoms with Crippen LogP contribution in [0.3, 0.4) is 0 Å². The summed E-state index contributed by atoms with van der Waals surface area (Å²) in [5, 5.41) is 4.62. The number of nitrogens with one attached hydrogen (secondary N) is 6. The maximum absolute atomic E-state index is 12.7. The Morgan fingerprint density at radius 1 is 0.327 bits per heavy atom. The smallest absolute Gasteiger partial charge is 0.307 e. The Kier molecular flexibility index (Phi) is 10.8. The van der Waals surface area contributed by atoms with Gasteiger partial charge in [-0.2, -0.15) is 0 Å². The molecular weight excluding hydrogens is 757 g/mol. The zero-order chi connectivity index (χ0) is 37.6. The number of hydrogen-bond donors (Lipinski definition) is 6. The summed E-state index contributed by atoms with van der Waals surface area (Å²) in [7, 11) is -16.6. The van der Waals surface area contributed by atoms with Gasteiger partial charge in [-0.3, -0.25) is 9.44 Å². The predicted octanol–water partition coefficient (Wildman–Crippen LogP) is 4.31. The van der Waals surface area contributed by atoms with Crippen LogP contribution in [0.2, 0.25) is 0 Å². The summed E-state index contributed by atoms with van der Waals surface area (Å²) >= 11 is 0. The number of hydrogen-bond acceptors (Lipinski definition) is 10. The summed E-state index contributed by atoms with van der Waals surface area (Å²) in [4.78, 5) is 24.3. The average molecular weight is 785 g/mol. The first-order valence-electron chi connectivity index (χ1n) is 14.7. The van der Waals surface area contributed by atoms with Gasteiger partial charge in [-0.15, -0.1) is 0 Å². The zero-order valence-corrected chi connectivity index (χ0v) is 29.7. The van der Waals surface area contributed by atoms with Crippen molar-refractivity contribution in [2.24, 2.45) is 0 Å². The zero-order valence-electron chi connectivity index (χ0n) is 26.4. The maximum atomic E-state index is 12.7. The number of benzene rings is 5. The Balaban J connectivity index is 1.12. The van der Waals surface area contributed by atoms with Gasteiger partial charge < -0.3 is 10.6 Å². The van der Waals surface area contributed by atoms with E-state index in [1.807, 2.05) is 9.44 Å². The normalized spacial score (nSPS) is 11.8. The summed E-state index contributed by atoms with van der Waals surface area (Å²) < 4.78 is 109. The molecule has 0 aliphatic carbocycles. The highest BCUT2D eigenvalue weighted by atomic mass is 32.2. The number of amides is 4. The number of carbonyl (C=O) groups excluding carboxylic acids is 2. The molecule has 0 heterocycles. The molecule has 0 aromatic heterocycles. The standard InChI is InChI=1S/C32H28N6O10S4/c39-31(37-51(45,46)29-19-15-25(16-20-29)35-49(41,42)27-7-3-1-4-8-27)33-23-11-13-24(14-12-23)34-32(40)38-52(47,48)30-21-17-26(18-22-30)36-50(43,44)28-9-5-2-6-10-28/h1-22,35-36H,(H2,33,37,39)(H2,34,38,40). The molecule has 0 aliphatic heterocycles. The van der Waals surface area contributed by atoms with E-state index in [1.165, 1.54) is 72.8 Å². The lowest BCUT2D eigenvalue weighted by Gasteiger charge is -2.12. The highest BCUT2D eigenvalue weighted by Gasteiger charge is 2.21. The van der Waals surface area contributed by atoms with Gasteiger partial charge in [-0.1, -0.05) is 36.4 Å². The van der Waals surface area contributed by atoms with Crippen LogP contribution in [-0.2, 0) is 40.1 Å². The van der Waals surface area contributed by atoms with Crippen molar-refractivity contribution in [1.29, 1.82) is 0 Å². The molecule has 5 aromatic carbocycles. The summed E-state index contributed by atoms with van der Waals surface area (Å²) in [6, 6.07) is 27.4. The minimum absolute atomic E-state index is 0.0131. The highest BCUT2D eigenvalue weighted by Crippen LogP contribution is 2.21. The minimum atomic E-state index is -4.37. The van der Waals surface area contributed by atoms with Gasteiger partial charge in [-0.05, 0) is 97.1 Å². The van der Waals surface area contributed by atoms with Crippen LogP contribution in [0.25, 0.3) is 0 Å². The Morgan fingerprint density at radius 2 is 0.596 bits per heavy atom. The molecule has 4 amide bonds. The molecule has 0 bridgehead atoms. The first kappa shape index (κ1) is 37.3. The van der Waals surface area contributed by atoms with Crippen LogP contribution in [0.4, 0.5) is 32.3 Å². The molecule has 5 aromatic rings. The number of anilines is 4. The van der Waals surface area contributed by atoms with Gasteiger partial charge in [0.25, 0.3) is 40.1 Å². The molecule has 0 saturated carbocycles. The van der Waals surface area contributed by atoms with E-state index in [-0.39, 0.29) is 42.3 Å². The van der Waals surface area contributed by atoms with Gasteiger partial charge >= 0.3 is 12.1 Å². The lowest BCUT2D eigenvalue weighted by Crippen LogP contribution is -2.34. The fourth-order valence-electron chi connectivity index (χ4n) is 4.34. The van der Waals surface area contributed by atoms with Crippen LogP contribution >= 0.6 is 0 Å². The van der Waals surface area contributed by atoms with E-state index < -0.39 is 52.2 Å². The molecule has 20 heteroatoms. The molecule has 6 N–H and O–H groups in total. The highest BCUT2D eigenvalue weighted by molar-refractivity contribution is 7.93. The topological polar surface area (TPSA) is 243 Å². The molecule has 5 rings (SSSR count). The van der Waals surface area contributed by atoms with Crippen molar-refractivity contribution in [3.05, 3.63) is 133 Å². The SMILES string of the molecule is O=C(Nc1ccc(NC(=O)NS(=O)(=O)c2ccc(NS(=O)(=O)c3ccccc3)cc2)cc1)NS(=O)(=O)c1ccc(NS(=O)(=O)c2ccccc2)cc1. The summed E-state index contributed by atoms with van der Waals surface area (Å²) in [6.45, 7) is 0. The van der Waals surface area contributed by atoms with E-state index in [1.54, 1.807) is 36.4 Å². The Morgan fingerprint density at radius 3 is 0.904 bits per heavy atom. The van der Waals surface area contributed by atoms with Gasteiger partial charge in [0, 0.05) is 22.7 Å². The van der Waals surface area contributed by atoms with Crippen molar-refractivity contribution in [3.8, 4) is 0 Å². The van der Waals surface area contributed by atoms with Crippen molar-refractivity contribution < 1.29 is 43.3 Å². The molecule has 0 aliphatic rings. The molecule has 16 nitrogen and oxygen atoms in total. The Labute approximate surface area is 299 Å². The fourth-order valence-corrected chi connectivity index (χ4v) is 8.32. The molecule has 52 heavy (non-hydrogen) atoms. The number of urea groups is 2. The largest absolute Gasteiger partial charge is 0.333 e. The molecule has 0 atom stereocenters. The molecule has 0 spiro atoms. The number of carbonyl (C=O) groups is 2. The van der Waals surface area contributed by atoms with Gasteiger partial charge in [-0.25, -0.2) is 52.7 Å². The summed E-state index contributed by atoms with van der Waals surface area (Å²) in [5.41, 5.74) is 0.404. The van der Waals surface area contributed by atoms with E-state index in [4.69, 9.17) is 0 Å². The first-order chi connectivity index (χ1) is 24.5. The monoisotopic (exact) mass is 784 g/mol. The molecule has 0 unspecified atom stereocenters. The van der Waals surface area contributed by atoms with Crippen LogP contribution in [0, 0.1) is 0 Å². The van der Waals surface area contributed by atoms with E-state index in [0.717, 1.165) is 24.3 Å². The molecular formula is C32H28N6O10S4. The predicted molar refractivity (Wildman–Crippen MR) is 193 cm³/mol. The third-order valence-corrected chi connectivity index (χ3v) is 12.3. The maximum Gasteiger partial charge on any atom is 0.333 e. The van der Waals surface area contributed by atoms with E-state index >= 15 is 0 Å². The third kappa shape index (κ3) is 9.63. The first-order valence-corrected chi connectivity index (χ1v) is 20.6. The van der Waals surface area contributed by atoms with Crippen LogP contribution < -0.4 is 29.5 Å². The van der Waals surface area contributed by atoms with Crippen LogP contribution in [0.15, 0.2) is 153 Å². The van der Waals surface area contributed by atoms with Gasteiger partial charge in [0.2, 0.25) is 0 Å². The summed E-state index contributed by atoms with van der Waals surface area (Å²) in [5.74, 6) is 0. The lowest BCUT2D eigenvalue weighted by atomic mass is 10.3. The molecule has 270 valence electrons. The quantitative estimate of drug-likeness (QED) is 0.105. The van der Waals surface area contributed by atoms with Crippen LogP contribution in [0.5, 0.6) is 0 Å². The number of sulfonamides is 4. The second kappa shape index (κ2) is 15.1. The second-order valence-electron chi connectivity index (χ2n) is 10.6. The van der Waals surface area contributed by atoms with Crippen LogP contribution in [0.1, 0.15) is 0 Å². The van der Waals surface area contributed by atoms with E-state index in [9.17, 15) is 43.3 Å². The number of rotatable bonds is 12. The average Bonchev–Trinajstić information content (AvgIpc) is 3.09. The van der Waals surface area contributed by atoms with Gasteiger partial charge in [0.1, 0.15) is 0 Å². The third-order valence-electron chi connectivity index (χ3n) is 6.80. The van der Waals surface area contributed by atoms with Gasteiger partial charge in [0.15, 0.2) is 0 Å². The van der Waals surface area contributed by atoms with E-state index in [2.05, 4.69) is 20.1 Å². The van der Waals surface area contributed by atoms with Crippen molar-refractivity contribution in [1.82, 2.24) is 9.44 Å². The van der Waals surface area contributed by atoms with Crippen molar-refractivity contribution in [3.63, 3.8) is 0 Å². The Bertz CT molecular complexity index is 2340. The second-order valence-corrected chi connectivity index (χ2v) is 17.3.